The number of sulfonamides is 1. The smallest absolute Gasteiger partial charge is 0.246 e. The van der Waals surface area contributed by atoms with Crippen molar-refractivity contribution in [1.82, 2.24) is 14.2 Å². The van der Waals surface area contributed by atoms with Gasteiger partial charge in [-0.05, 0) is 41.5 Å². The molecule has 1 saturated heterocycles. The first-order chi connectivity index (χ1) is 16.4. The van der Waals surface area contributed by atoms with Gasteiger partial charge in [0, 0.05) is 31.2 Å². The molecule has 2 heterocycles. The average molecular weight is 498 g/mol. The number of benzene rings is 3. The number of hydrogen-bond acceptors (Lipinski definition) is 6. The lowest BCUT2D eigenvalue weighted by atomic mass is 10.1. The molecule has 34 heavy (non-hydrogen) atoms. The summed E-state index contributed by atoms with van der Waals surface area (Å²) in [7, 11) is -2.27. The molecule has 1 aliphatic rings. The maximum atomic E-state index is 13.2. The Labute approximate surface area is 203 Å². The summed E-state index contributed by atoms with van der Waals surface area (Å²) in [4.78, 5) is 6.90. The fourth-order valence-corrected chi connectivity index (χ4v) is 6.00. The summed E-state index contributed by atoms with van der Waals surface area (Å²) >= 11 is 6.05. The van der Waals surface area contributed by atoms with E-state index < -0.39 is 10.0 Å². The lowest BCUT2D eigenvalue weighted by molar-refractivity contribution is 0.169. The predicted octanol–water partition coefficient (Wildman–Crippen LogP) is 4.66. The molecular formula is C25H24ClN3O4S. The van der Waals surface area contributed by atoms with E-state index in [4.69, 9.17) is 20.8 Å². The van der Waals surface area contributed by atoms with Crippen LogP contribution in [0, 0.1) is 0 Å². The predicted molar refractivity (Wildman–Crippen MR) is 131 cm³/mol. The van der Waals surface area contributed by atoms with Gasteiger partial charge < -0.3 is 9.15 Å². The number of nitrogens with zero attached hydrogens (tertiary/aromatic N) is 3. The van der Waals surface area contributed by atoms with Gasteiger partial charge in [-0.1, -0.05) is 48.0 Å². The zero-order valence-corrected chi connectivity index (χ0v) is 20.2. The van der Waals surface area contributed by atoms with Gasteiger partial charge in [-0.25, -0.2) is 13.4 Å². The monoisotopic (exact) mass is 497 g/mol. The van der Waals surface area contributed by atoms with Gasteiger partial charge in [-0.2, -0.15) is 4.31 Å². The zero-order valence-electron chi connectivity index (χ0n) is 18.6. The Hall–Kier alpha value is -2.91. The molecule has 0 bridgehead atoms. The van der Waals surface area contributed by atoms with Crippen molar-refractivity contribution in [2.24, 2.45) is 0 Å². The zero-order chi connectivity index (χ0) is 23.7. The first-order valence-electron chi connectivity index (χ1n) is 10.9. The number of fused-ring (bicyclic) bond motifs is 1. The van der Waals surface area contributed by atoms with Crippen molar-refractivity contribution < 1.29 is 17.6 Å². The summed E-state index contributed by atoms with van der Waals surface area (Å²) in [6.07, 6.45) is 0. The molecule has 176 valence electrons. The Morgan fingerprint density at radius 3 is 2.47 bits per heavy atom. The number of aromatic nitrogens is 1. The van der Waals surface area contributed by atoms with Crippen molar-refractivity contribution in [3.05, 3.63) is 77.6 Å². The molecule has 9 heteroatoms. The van der Waals surface area contributed by atoms with Crippen molar-refractivity contribution in [1.29, 1.82) is 0 Å². The van der Waals surface area contributed by atoms with Gasteiger partial charge in [0.15, 0.2) is 5.58 Å². The van der Waals surface area contributed by atoms with Crippen LogP contribution in [0.3, 0.4) is 0 Å². The fraction of sp³-hybridized carbons (Fsp3) is 0.240. The largest absolute Gasteiger partial charge is 0.495 e. The normalized spacial score (nSPS) is 15.6. The number of piperazine rings is 1. The Morgan fingerprint density at radius 1 is 0.971 bits per heavy atom. The molecule has 1 fully saturated rings. The van der Waals surface area contributed by atoms with Gasteiger partial charge in [-0.15, -0.1) is 0 Å². The summed E-state index contributed by atoms with van der Waals surface area (Å²) < 4.78 is 39.0. The number of oxazole rings is 1. The highest BCUT2D eigenvalue weighted by Gasteiger charge is 2.31. The second-order valence-electron chi connectivity index (χ2n) is 8.13. The third kappa shape index (κ3) is 4.54. The van der Waals surface area contributed by atoms with Crippen molar-refractivity contribution in [3.63, 3.8) is 0 Å². The van der Waals surface area contributed by atoms with E-state index in [0.29, 0.717) is 43.6 Å². The van der Waals surface area contributed by atoms with E-state index in [-0.39, 0.29) is 10.6 Å². The quantitative estimate of drug-likeness (QED) is 0.385. The van der Waals surface area contributed by atoms with E-state index >= 15 is 0 Å². The van der Waals surface area contributed by atoms with Crippen LogP contribution in [0.2, 0.25) is 5.02 Å². The van der Waals surface area contributed by atoms with Crippen LogP contribution in [0.1, 0.15) is 5.89 Å². The molecule has 5 rings (SSSR count). The maximum absolute atomic E-state index is 13.2. The third-order valence-electron chi connectivity index (χ3n) is 5.97. The molecule has 0 spiro atoms. The summed E-state index contributed by atoms with van der Waals surface area (Å²) in [6, 6.07) is 20.8. The van der Waals surface area contributed by atoms with Crippen LogP contribution < -0.4 is 4.74 Å². The highest BCUT2D eigenvalue weighted by molar-refractivity contribution is 7.89. The van der Waals surface area contributed by atoms with Crippen LogP contribution in [-0.2, 0) is 16.6 Å². The molecule has 7 nitrogen and oxygen atoms in total. The lowest BCUT2D eigenvalue weighted by Crippen LogP contribution is -2.48. The van der Waals surface area contributed by atoms with Gasteiger partial charge in [-0.3, -0.25) is 4.90 Å². The topological polar surface area (TPSA) is 75.9 Å². The minimum atomic E-state index is -3.72. The van der Waals surface area contributed by atoms with Crippen LogP contribution in [0.4, 0.5) is 0 Å². The van der Waals surface area contributed by atoms with Gasteiger partial charge in [0.2, 0.25) is 15.9 Å². The molecule has 0 N–H and O–H groups in total. The lowest BCUT2D eigenvalue weighted by Gasteiger charge is -2.33. The van der Waals surface area contributed by atoms with Crippen LogP contribution in [0.25, 0.3) is 22.2 Å². The molecule has 1 aliphatic heterocycles. The fourth-order valence-electron chi connectivity index (χ4n) is 4.16. The highest BCUT2D eigenvalue weighted by atomic mass is 35.5. The van der Waals surface area contributed by atoms with Gasteiger partial charge >= 0.3 is 0 Å². The van der Waals surface area contributed by atoms with Crippen LogP contribution >= 0.6 is 11.6 Å². The number of ether oxygens (including phenoxy) is 1. The van der Waals surface area contributed by atoms with E-state index in [1.54, 1.807) is 12.1 Å². The maximum Gasteiger partial charge on any atom is 0.246 e. The minimum absolute atomic E-state index is 0.0871. The molecule has 1 aromatic heterocycles. The Balaban J connectivity index is 1.27. The average Bonchev–Trinajstić information content (AvgIpc) is 3.26. The van der Waals surface area contributed by atoms with Crippen molar-refractivity contribution in [3.8, 4) is 16.9 Å². The van der Waals surface area contributed by atoms with E-state index in [9.17, 15) is 8.42 Å². The van der Waals surface area contributed by atoms with E-state index in [1.807, 2.05) is 36.4 Å². The molecule has 0 aliphatic carbocycles. The van der Waals surface area contributed by atoms with Gasteiger partial charge in [0.1, 0.15) is 16.2 Å². The van der Waals surface area contributed by atoms with E-state index in [2.05, 4.69) is 22.0 Å². The standard InChI is InChI=1S/C25H24ClN3O4S/c1-32-23-10-8-20(26)16-24(23)34(30,31)29-13-11-28(12-14-29)17-25-27-21-15-19(7-9-22(21)33-25)18-5-3-2-4-6-18/h2-10,15-16H,11-14,17H2,1H3. The molecule has 0 unspecified atom stereocenters. The second-order valence-corrected chi connectivity index (χ2v) is 10.5. The summed E-state index contributed by atoms with van der Waals surface area (Å²) in [5.74, 6) is 0.904. The second kappa shape index (κ2) is 9.38. The molecular weight excluding hydrogens is 474 g/mol. The van der Waals surface area contributed by atoms with E-state index in [0.717, 1.165) is 22.2 Å². The molecule has 3 aromatic carbocycles. The molecule has 0 atom stereocenters. The SMILES string of the molecule is COc1ccc(Cl)cc1S(=O)(=O)N1CCN(Cc2nc3cc(-c4ccccc4)ccc3o2)CC1. The first-order valence-corrected chi connectivity index (χ1v) is 12.8. The molecule has 0 radical (unpaired) electrons. The number of hydrogen-bond donors (Lipinski definition) is 0. The molecule has 0 amide bonds. The minimum Gasteiger partial charge on any atom is -0.495 e. The Bertz CT molecular complexity index is 1410. The van der Waals surface area contributed by atoms with Gasteiger partial charge in [0.05, 0.1) is 13.7 Å². The Morgan fingerprint density at radius 2 is 1.74 bits per heavy atom. The highest BCUT2D eigenvalue weighted by Crippen LogP contribution is 2.30. The van der Waals surface area contributed by atoms with Crippen LogP contribution in [0.5, 0.6) is 5.75 Å². The number of halogens is 1. The third-order valence-corrected chi connectivity index (χ3v) is 8.13. The summed E-state index contributed by atoms with van der Waals surface area (Å²) in [5.41, 5.74) is 3.76. The first kappa shape index (κ1) is 22.9. The van der Waals surface area contributed by atoms with Crippen molar-refractivity contribution >= 4 is 32.7 Å². The molecule has 4 aromatic rings. The molecule has 0 saturated carbocycles. The number of rotatable bonds is 6. The van der Waals surface area contributed by atoms with Gasteiger partial charge in [0.25, 0.3) is 0 Å². The van der Waals surface area contributed by atoms with Crippen LogP contribution in [0.15, 0.2) is 76.0 Å². The Kier molecular flexibility index (Phi) is 6.31. The van der Waals surface area contributed by atoms with E-state index in [1.165, 1.54) is 17.5 Å². The summed E-state index contributed by atoms with van der Waals surface area (Å²) in [6.45, 7) is 2.36. The van der Waals surface area contributed by atoms with Crippen LogP contribution in [-0.4, -0.2) is 55.9 Å². The summed E-state index contributed by atoms with van der Waals surface area (Å²) in [5, 5.41) is 0.351. The van der Waals surface area contributed by atoms with Crippen molar-refractivity contribution in [2.75, 3.05) is 33.3 Å². The van der Waals surface area contributed by atoms with Crippen molar-refractivity contribution in [2.45, 2.75) is 11.4 Å². The number of methoxy groups -OCH3 is 1.